The fraction of sp³-hybridized carbons (Fsp3) is 0.444. The van der Waals surface area contributed by atoms with Gasteiger partial charge in [-0.05, 0) is 36.0 Å². The van der Waals surface area contributed by atoms with E-state index in [0.717, 1.165) is 31.2 Å². The van der Waals surface area contributed by atoms with Crippen LogP contribution in [0.5, 0.6) is 0 Å². The van der Waals surface area contributed by atoms with Crippen molar-refractivity contribution < 1.29 is 4.79 Å². The average Bonchev–Trinajstić information content (AvgIpc) is 2.98. The molecule has 1 aromatic rings. The molecule has 3 heteroatoms. The largest absolute Gasteiger partial charge is 0.349 e. The van der Waals surface area contributed by atoms with E-state index in [1.807, 2.05) is 30.3 Å². The van der Waals surface area contributed by atoms with Gasteiger partial charge in [0.05, 0.1) is 0 Å². The molecule has 0 unspecified atom stereocenters. The highest BCUT2D eigenvalue weighted by Gasteiger charge is 2.19. The second-order valence-corrected chi connectivity index (χ2v) is 5.95. The minimum absolute atomic E-state index is 0.180. The van der Waals surface area contributed by atoms with Gasteiger partial charge in [-0.2, -0.15) is 5.26 Å². The summed E-state index contributed by atoms with van der Waals surface area (Å²) < 4.78 is 0. The van der Waals surface area contributed by atoms with Gasteiger partial charge in [0.15, 0.2) is 0 Å². The summed E-state index contributed by atoms with van der Waals surface area (Å²) in [5, 5.41) is 12.1. The molecule has 0 heterocycles. The average molecular weight is 282 g/mol. The predicted molar refractivity (Wildman–Crippen MR) is 84.5 cm³/mol. The van der Waals surface area contributed by atoms with Gasteiger partial charge in [-0.15, -0.1) is 0 Å². The van der Waals surface area contributed by atoms with E-state index in [-0.39, 0.29) is 17.5 Å². The first-order valence-electron chi connectivity index (χ1n) is 7.62. The third-order valence-corrected chi connectivity index (χ3v) is 3.97. The summed E-state index contributed by atoms with van der Waals surface area (Å²) in [4.78, 5) is 12.1. The second-order valence-electron chi connectivity index (χ2n) is 5.95. The first-order chi connectivity index (χ1) is 10.1. The molecule has 0 spiro atoms. The van der Waals surface area contributed by atoms with E-state index in [9.17, 15) is 10.1 Å². The number of hydrogen-bond donors (Lipinski definition) is 1. The van der Waals surface area contributed by atoms with Gasteiger partial charge in [0.25, 0.3) is 5.91 Å². The van der Waals surface area contributed by atoms with Crippen LogP contribution >= 0.6 is 0 Å². The molecule has 0 saturated heterocycles. The Morgan fingerprint density at radius 1 is 1.29 bits per heavy atom. The first kappa shape index (κ1) is 15.3. The zero-order chi connectivity index (χ0) is 15.2. The topological polar surface area (TPSA) is 52.9 Å². The fourth-order valence-corrected chi connectivity index (χ4v) is 2.63. The third-order valence-electron chi connectivity index (χ3n) is 3.97. The summed E-state index contributed by atoms with van der Waals surface area (Å²) in [5.41, 5.74) is 2.32. The molecule has 1 aliphatic rings. The fourth-order valence-electron chi connectivity index (χ4n) is 2.63. The van der Waals surface area contributed by atoms with Crippen molar-refractivity contribution in [3.05, 3.63) is 41.0 Å². The van der Waals surface area contributed by atoms with Crippen molar-refractivity contribution in [1.82, 2.24) is 5.32 Å². The standard InChI is InChI=1S/C18H22N2O/c1-13(2)15-9-7-14(8-10-15)11-16(12-19)18(21)20-17-5-3-4-6-17/h7-11,13,17H,3-6H2,1-2H3,(H,20,21)/b16-11+. The zero-order valence-corrected chi connectivity index (χ0v) is 12.7. The highest BCUT2D eigenvalue weighted by atomic mass is 16.1. The Kier molecular flexibility index (Phi) is 5.16. The van der Waals surface area contributed by atoms with Gasteiger partial charge in [-0.3, -0.25) is 4.79 Å². The molecule has 0 atom stereocenters. The van der Waals surface area contributed by atoms with Crippen molar-refractivity contribution in [3.8, 4) is 6.07 Å². The molecule has 21 heavy (non-hydrogen) atoms. The molecule has 110 valence electrons. The van der Waals surface area contributed by atoms with Gasteiger partial charge >= 0.3 is 0 Å². The molecule has 1 fully saturated rings. The Balaban J connectivity index is 2.08. The Labute approximate surface area is 126 Å². The second kappa shape index (κ2) is 7.08. The van der Waals surface area contributed by atoms with Gasteiger partial charge in [0.1, 0.15) is 11.6 Å². The summed E-state index contributed by atoms with van der Waals surface area (Å²) in [6.45, 7) is 4.28. The van der Waals surface area contributed by atoms with E-state index < -0.39 is 0 Å². The Morgan fingerprint density at radius 3 is 2.43 bits per heavy atom. The monoisotopic (exact) mass is 282 g/mol. The van der Waals surface area contributed by atoms with E-state index in [2.05, 4.69) is 19.2 Å². The number of nitrogens with zero attached hydrogens (tertiary/aromatic N) is 1. The lowest BCUT2D eigenvalue weighted by Crippen LogP contribution is -2.33. The van der Waals surface area contributed by atoms with Crippen molar-refractivity contribution in [2.24, 2.45) is 0 Å². The number of carbonyl (C=O) groups is 1. The summed E-state index contributed by atoms with van der Waals surface area (Å²) in [6.07, 6.45) is 6.02. The van der Waals surface area contributed by atoms with Crippen LogP contribution in [0.2, 0.25) is 0 Å². The van der Waals surface area contributed by atoms with E-state index in [4.69, 9.17) is 0 Å². The minimum atomic E-state index is -0.252. The van der Waals surface area contributed by atoms with Crippen LogP contribution < -0.4 is 5.32 Å². The van der Waals surface area contributed by atoms with Crippen molar-refractivity contribution in [2.45, 2.75) is 51.5 Å². The smallest absolute Gasteiger partial charge is 0.262 e. The van der Waals surface area contributed by atoms with Crippen molar-refractivity contribution in [3.63, 3.8) is 0 Å². The van der Waals surface area contributed by atoms with Crippen LogP contribution in [0.15, 0.2) is 29.8 Å². The molecular weight excluding hydrogens is 260 g/mol. The number of amides is 1. The third kappa shape index (κ3) is 4.19. The van der Waals surface area contributed by atoms with Crippen LogP contribution in [0, 0.1) is 11.3 Å². The SMILES string of the molecule is CC(C)c1ccc(/C=C(\C#N)C(=O)NC2CCCC2)cc1. The van der Waals surface area contributed by atoms with E-state index in [1.54, 1.807) is 6.08 Å². The molecule has 1 N–H and O–H groups in total. The highest BCUT2D eigenvalue weighted by Crippen LogP contribution is 2.19. The first-order valence-corrected chi connectivity index (χ1v) is 7.62. The Hall–Kier alpha value is -2.08. The van der Waals surface area contributed by atoms with Crippen LogP contribution in [0.3, 0.4) is 0 Å². The summed E-state index contributed by atoms with van der Waals surface area (Å²) in [7, 11) is 0. The zero-order valence-electron chi connectivity index (χ0n) is 12.7. The molecule has 1 amide bonds. The maximum Gasteiger partial charge on any atom is 0.262 e. The molecule has 0 bridgehead atoms. The number of rotatable bonds is 4. The molecule has 0 aliphatic heterocycles. The maximum atomic E-state index is 12.1. The summed E-state index contributed by atoms with van der Waals surface area (Å²) in [5.74, 6) is 0.224. The van der Waals surface area contributed by atoms with Gasteiger partial charge in [0, 0.05) is 6.04 Å². The lowest BCUT2D eigenvalue weighted by atomic mass is 10.0. The van der Waals surface area contributed by atoms with E-state index in [1.165, 1.54) is 5.56 Å². The van der Waals surface area contributed by atoms with E-state index in [0.29, 0.717) is 5.92 Å². The number of benzene rings is 1. The van der Waals surface area contributed by atoms with Gasteiger partial charge in [-0.25, -0.2) is 0 Å². The van der Waals surface area contributed by atoms with Crippen molar-refractivity contribution >= 4 is 12.0 Å². The normalized spacial score (nSPS) is 16.0. The molecule has 3 nitrogen and oxygen atoms in total. The lowest BCUT2D eigenvalue weighted by Gasteiger charge is -2.11. The Bertz CT molecular complexity index is 558. The van der Waals surface area contributed by atoms with Crippen LogP contribution in [0.25, 0.3) is 6.08 Å². The number of nitriles is 1. The van der Waals surface area contributed by atoms with Crippen molar-refractivity contribution in [1.29, 1.82) is 5.26 Å². The van der Waals surface area contributed by atoms with Gasteiger partial charge in [-0.1, -0.05) is 51.0 Å². The summed E-state index contributed by atoms with van der Waals surface area (Å²) in [6, 6.07) is 10.2. The van der Waals surface area contributed by atoms with Gasteiger partial charge in [0.2, 0.25) is 0 Å². The quantitative estimate of drug-likeness (QED) is 0.675. The lowest BCUT2D eigenvalue weighted by molar-refractivity contribution is -0.117. The Morgan fingerprint density at radius 2 is 1.90 bits per heavy atom. The molecule has 0 aromatic heterocycles. The van der Waals surface area contributed by atoms with Gasteiger partial charge < -0.3 is 5.32 Å². The molecule has 2 rings (SSSR count). The molecule has 1 aliphatic carbocycles. The minimum Gasteiger partial charge on any atom is -0.349 e. The van der Waals surface area contributed by atoms with Crippen LogP contribution in [0.1, 0.15) is 56.6 Å². The number of hydrogen-bond acceptors (Lipinski definition) is 2. The predicted octanol–water partition coefficient (Wildman–Crippen LogP) is 3.78. The van der Waals surface area contributed by atoms with Crippen LogP contribution in [0.4, 0.5) is 0 Å². The molecule has 0 radical (unpaired) electrons. The molecule has 1 aromatic carbocycles. The van der Waals surface area contributed by atoms with E-state index >= 15 is 0 Å². The number of carbonyl (C=O) groups excluding carboxylic acids is 1. The van der Waals surface area contributed by atoms with Crippen molar-refractivity contribution in [2.75, 3.05) is 0 Å². The van der Waals surface area contributed by atoms with Crippen LogP contribution in [-0.2, 0) is 4.79 Å². The molecule has 1 saturated carbocycles. The maximum absolute atomic E-state index is 12.1. The number of nitrogens with one attached hydrogen (secondary N) is 1. The molecular formula is C18H22N2O. The summed E-state index contributed by atoms with van der Waals surface area (Å²) >= 11 is 0. The van der Waals surface area contributed by atoms with Crippen LogP contribution in [-0.4, -0.2) is 11.9 Å². The highest BCUT2D eigenvalue weighted by molar-refractivity contribution is 6.01.